The van der Waals surface area contributed by atoms with Crippen molar-refractivity contribution in [3.05, 3.63) is 47.5 Å². The Morgan fingerprint density at radius 3 is 2.84 bits per heavy atom. The molecule has 0 aliphatic rings. The number of nitrogens with zero attached hydrogens (tertiary/aromatic N) is 3. The third-order valence-corrected chi connectivity index (χ3v) is 2.60. The fourth-order valence-electron chi connectivity index (χ4n) is 1.65. The molecule has 0 saturated heterocycles. The molecule has 0 saturated carbocycles. The fraction of sp³-hybridized carbons (Fsp3) is 0.231. The lowest BCUT2D eigenvalue weighted by Crippen LogP contribution is -2.12. The monoisotopic (exact) mass is 258 g/mol. The quantitative estimate of drug-likeness (QED) is 0.872. The van der Waals surface area contributed by atoms with Gasteiger partial charge in [-0.2, -0.15) is 0 Å². The minimum atomic E-state index is -1.07. The number of carboxylic acids is 1. The summed E-state index contributed by atoms with van der Waals surface area (Å²) in [5.41, 5.74) is 1.56. The van der Waals surface area contributed by atoms with Crippen LogP contribution in [0.2, 0.25) is 0 Å². The topological polar surface area (TPSA) is 88.0 Å². The van der Waals surface area contributed by atoms with Crippen molar-refractivity contribution in [1.82, 2.24) is 15.0 Å². The van der Waals surface area contributed by atoms with E-state index in [0.29, 0.717) is 11.6 Å². The van der Waals surface area contributed by atoms with Crippen LogP contribution < -0.4 is 5.32 Å². The van der Waals surface area contributed by atoms with E-state index in [4.69, 9.17) is 5.11 Å². The average Bonchev–Trinajstić information content (AvgIpc) is 2.39. The van der Waals surface area contributed by atoms with Gasteiger partial charge < -0.3 is 10.4 Å². The highest BCUT2D eigenvalue weighted by molar-refractivity contribution is 5.85. The van der Waals surface area contributed by atoms with E-state index >= 15 is 0 Å². The molecular formula is C13H14N4O2. The van der Waals surface area contributed by atoms with E-state index < -0.39 is 5.97 Å². The molecule has 19 heavy (non-hydrogen) atoms. The highest BCUT2D eigenvalue weighted by Gasteiger charge is 2.11. The van der Waals surface area contributed by atoms with Gasteiger partial charge in [0.15, 0.2) is 5.69 Å². The number of rotatable bonds is 4. The molecular weight excluding hydrogens is 244 g/mol. The summed E-state index contributed by atoms with van der Waals surface area (Å²) in [6.45, 7) is 3.66. The Balaban J connectivity index is 2.21. The minimum Gasteiger partial charge on any atom is -0.477 e. The largest absolute Gasteiger partial charge is 0.477 e. The number of aromatic nitrogens is 3. The number of anilines is 1. The van der Waals surface area contributed by atoms with Crippen molar-refractivity contribution in [3.63, 3.8) is 0 Å². The Kier molecular flexibility index (Phi) is 3.70. The van der Waals surface area contributed by atoms with Crippen molar-refractivity contribution in [1.29, 1.82) is 0 Å². The highest BCUT2D eigenvalue weighted by atomic mass is 16.4. The zero-order valence-electron chi connectivity index (χ0n) is 10.7. The second kappa shape index (κ2) is 5.43. The van der Waals surface area contributed by atoms with Gasteiger partial charge in [-0.05, 0) is 31.5 Å². The number of nitrogens with one attached hydrogen (secondary N) is 1. The molecule has 0 aliphatic carbocycles. The molecule has 6 nitrogen and oxygen atoms in total. The Bertz CT molecular complexity index is 586. The summed E-state index contributed by atoms with van der Waals surface area (Å²) in [6, 6.07) is 5.14. The maximum absolute atomic E-state index is 10.9. The Hall–Kier alpha value is -2.50. The average molecular weight is 258 g/mol. The molecule has 1 unspecified atom stereocenters. The van der Waals surface area contributed by atoms with Crippen molar-refractivity contribution >= 4 is 11.9 Å². The molecule has 0 fully saturated rings. The maximum atomic E-state index is 10.9. The van der Waals surface area contributed by atoms with Crippen LogP contribution in [0.15, 0.2) is 30.6 Å². The third kappa shape index (κ3) is 3.25. The van der Waals surface area contributed by atoms with Crippen molar-refractivity contribution in [2.75, 3.05) is 5.32 Å². The first-order valence-corrected chi connectivity index (χ1v) is 5.81. The molecule has 0 bridgehead atoms. The van der Waals surface area contributed by atoms with E-state index in [0.717, 1.165) is 5.56 Å². The highest BCUT2D eigenvalue weighted by Crippen LogP contribution is 2.16. The molecule has 0 amide bonds. The first kappa shape index (κ1) is 12.9. The molecule has 1 atom stereocenters. The first-order valence-electron chi connectivity index (χ1n) is 5.81. The van der Waals surface area contributed by atoms with Crippen molar-refractivity contribution in [2.24, 2.45) is 0 Å². The van der Waals surface area contributed by atoms with E-state index in [-0.39, 0.29) is 11.7 Å². The summed E-state index contributed by atoms with van der Waals surface area (Å²) < 4.78 is 0. The summed E-state index contributed by atoms with van der Waals surface area (Å²) in [6.07, 6.45) is 3.44. The van der Waals surface area contributed by atoms with Gasteiger partial charge in [-0.15, -0.1) is 0 Å². The Morgan fingerprint density at radius 2 is 2.21 bits per heavy atom. The molecule has 6 heteroatoms. The van der Waals surface area contributed by atoms with Gasteiger partial charge in [0.2, 0.25) is 5.95 Å². The van der Waals surface area contributed by atoms with Crippen LogP contribution in [0.4, 0.5) is 5.95 Å². The summed E-state index contributed by atoms with van der Waals surface area (Å²) in [4.78, 5) is 23.1. The SMILES string of the molecule is Cc1cc(C(=O)O)nc(NC(C)c2cccnc2)n1. The van der Waals surface area contributed by atoms with Gasteiger partial charge in [0.1, 0.15) is 0 Å². The van der Waals surface area contributed by atoms with Crippen LogP contribution in [0.25, 0.3) is 0 Å². The van der Waals surface area contributed by atoms with E-state index in [1.54, 1.807) is 19.3 Å². The maximum Gasteiger partial charge on any atom is 0.354 e. The zero-order valence-corrected chi connectivity index (χ0v) is 10.7. The first-order chi connectivity index (χ1) is 9.06. The van der Waals surface area contributed by atoms with E-state index in [9.17, 15) is 4.79 Å². The molecule has 98 valence electrons. The van der Waals surface area contributed by atoms with Crippen LogP contribution in [-0.4, -0.2) is 26.0 Å². The lowest BCUT2D eigenvalue weighted by molar-refractivity contribution is 0.0690. The fourth-order valence-corrected chi connectivity index (χ4v) is 1.65. The number of aryl methyl sites for hydroxylation is 1. The Morgan fingerprint density at radius 1 is 1.42 bits per heavy atom. The van der Waals surface area contributed by atoms with Crippen LogP contribution in [0.5, 0.6) is 0 Å². The number of hydrogen-bond donors (Lipinski definition) is 2. The van der Waals surface area contributed by atoms with Crippen molar-refractivity contribution in [3.8, 4) is 0 Å². The number of carboxylic acid groups (broad SMARTS) is 1. The van der Waals surface area contributed by atoms with Gasteiger partial charge in [-0.3, -0.25) is 4.98 Å². The number of carbonyl (C=O) groups is 1. The van der Waals surface area contributed by atoms with E-state index in [1.807, 2.05) is 19.1 Å². The van der Waals surface area contributed by atoms with E-state index in [1.165, 1.54) is 6.07 Å². The molecule has 0 aromatic carbocycles. The van der Waals surface area contributed by atoms with E-state index in [2.05, 4.69) is 20.3 Å². The van der Waals surface area contributed by atoms with Crippen LogP contribution in [0, 0.1) is 6.92 Å². The van der Waals surface area contributed by atoms with Crippen LogP contribution >= 0.6 is 0 Å². The standard InChI is InChI=1S/C13H14N4O2/c1-8-6-11(12(18)19)17-13(15-8)16-9(2)10-4-3-5-14-7-10/h3-7,9H,1-2H3,(H,18,19)(H,15,16,17). The molecule has 0 spiro atoms. The summed E-state index contributed by atoms with van der Waals surface area (Å²) in [7, 11) is 0. The third-order valence-electron chi connectivity index (χ3n) is 2.60. The lowest BCUT2D eigenvalue weighted by atomic mass is 10.1. The molecule has 2 rings (SSSR count). The lowest BCUT2D eigenvalue weighted by Gasteiger charge is -2.14. The Labute approximate surface area is 110 Å². The normalized spacial score (nSPS) is 11.9. The molecule has 2 aromatic rings. The number of pyridine rings is 1. The van der Waals surface area contributed by atoms with Gasteiger partial charge >= 0.3 is 5.97 Å². The summed E-state index contributed by atoms with van der Waals surface area (Å²) >= 11 is 0. The predicted octanol–water partition coefficient (Wildman–Crippen LogP) is 2.05. The summed E-state index contributed by atoms with van der Waals surface area (Å²) in [5, 5.41) is 12.0. The molecule has 2 aromatic heterocycles. The number of aromatic carboxylic acids is 1. The van der Waals surface area contributed by atoms with Crippen molar-refractivity contribution < 1.29 is 9.90 Å². The van der Waals surface area contributed by atoms with Crippen LogP contribution in [0.3, 0.4) is 0 Å². The second-order valence-corrected chi connectivity index (χ2v) is 4.18. The smallest absolute Gasteiger partial charge is 0.354 e. The summed E-state index contributed by atoms with van der Waals surface area (Å²) in [5.74, 6) is -0.767. The van der Waals surface area contributed by atoms with Gasteiger partial charge in [0.25, 0.3) is 0 Å². The molecule has 2 N–H and O–H groups in total. The number of hydrogen-bond acceptors (Lipinski definition) is 5. The van der Waals surface area contributed by atoms with Crippen LogP contribution in [-0.2, 0) is 0 Å². The van der Waals surface area contributed by atoms with Gasteiger partial charge in [0.05, 0.1) is 6.04 Å². The van der Waals surface area contributed by atoms with Crippen LogP contribution in [0.1, 0.15) is 34.7 Å². The molecule has 0 radical (unpaired) electrons. The van der Waals surface area contributed by atoms with Gasteiger partial charge in [0, 0.05) is 18.1 Å². The zero-order chi connectivity index (χ0) is 13.8. The molecule has 0 aliphatic heterocycles. The van der Waals surface area contributed by atoms with Gasteiger partial charge in [-0.25, -0.2) is 14.8 Å². The molecule has 2 heterocycles. The second-order valence-electron chi connectivity index (χ2n) is 4.18. The predicted molar refractivity (Wildman–Crippen MR) is 70.0 cm³/mol. The van der Waals surface area contributed by atoms with Crippen molar-refractivity contribution in [2.45, 2.75) is 19.9 Å². The van der Waals surface area contributed by atoms with Gasteiger partial charge in [-0.1, -0.05) is 6.07 Å². The minimum absolute atomic E-state index is 0.0200.